The normalized spacial score (nSPS) is 9.73. The molecule has 80 valence electrons. The highest BCUT2D eigenvalue weighted by molar-refractivity contribution is 6.30. The summed E-state index contributed by atoms with van der Waals surface area (Å²) in [6.07, 6.45) is 0.997. The molecule has 0 radical (unpaired) electrons. The molecule has 0 bridgehead atoms. The second-order valence-electron chi connectivity index (χ2n) is 2.63. The number of esters is 1. The molecule has 0 aliphatic heterocycles. The second kappa shape index (κ2) is 4.70. The van der Waals surface area contributed by atoms with E-state index in [1.807, 2.05) is 0 Å². The summed E-state index contributed by atoms with van der Waals surface area (Å²) in [7, 11) is 1.20. The van der Waals surface area contributed by atoms with Crippen LogP contribution in [0.4, 0.5) is 5.69 Å². The van der Waals surface area contributed by atoms with Crippen LogP contribution in [0.15, 0.2) is 12.3 Å². The van der Waals surface area contributed by atoms with E-state index in [1.54, 1.807) is 0 Å². The molecule has 1 aromatic heterocycles. The molecule has 0 saturated carbocycles. The van der Waals surface area contributed by atoms with E-state index in [9.17, 15) is 14.9 Å². The van der Waals surface area contributed by atoms with Crippen LogP contribution in [0.2, 0.25) is 5.02 Å². The van der Waals surface area contributed by atoms with Crippen LogP contribution in [-0.2, 0) is 16.0 Å². The molecule has 0 fully saturated rings. The fourth-order valence-electron chi connectivity index (χ4n) is 0.960. The third-order valence-corrected chi connectivity index (χ3v) is 1.86. The zero-order valence-corrected chi connectivity index (χ0v) is 8.52. The summed E-state index contributed by atoms with van der Waals surface area (Å²) in [6, 6.07) is 1.15. The molecule has 0 unspecified atom stereocenters. The number of hydrogen-bond donors (Lipinski definition) is 0. The van der Waals surface area contributed by atoms with Gasteiger partial charge in [0, 0.05) is 12.3 Å². The molecule has 0 saturated heterocycles. The summed E-state index contributed by atoms with van der Waals surface area (Å²) < 4.78 is 4.38. The first kappa shape index (κ1) is 11.4. The smallest absolute Gasteiger partial charge is 0.311 e. The van der Waals surface area contributed by atoms with Crippen molar-refractivity contribution < 1.29 is 14.5 Å². The van der Waals surface area contributed by atoms with Gasteiger partial charge in [-0.1, -0.05) is 11.6 Å². The molecule has 0 aliphatic rings. The number of nitro groups is 1. The van der Waals surface area contributed by atoms with E-state index in [1.165, 1.54) is 13.3 Å². The van der Waals surface area contributed by atoms with Crippen molar-refractivity contribution in [3.8, 4) is 0 Å². The predicted molar refractivity (Wildman–Crippen MR) is 51.6 cm³/mol. The van der Waals surface area contributed by atoms with E-state index in [-0.39, 0.29) is 22.8 Å². The molecule has 15 heavy (non-hydrogen) atoms. The first-order chi connectivity index (χ1) is 7.04. The van der Waals surface area contributed by atoms with Gasteiger partial charge in [0.15, 0.2) is 0 Å². The maximum Gasteiger partial charge on any atom is 0.311 e. The lowest BCUT2D eigenvalue weighted by Crippen LogP contribution is -2.08. The quantitative estimate of drug-likeness (QED) is 0.445. The Morgan fingerprint density at radius 1 is 1.73 bits per heavy atom. The van der Waals surface area contributed by atoms with Crippen LogP contribution >= 0.6 is 11.6 Å². The number of hydrogen-bond acceptors (Lipinski definition) is 5. The Bertz CT molecular complexity index is 408. The molecule has 0 atom stereocenters. The molecular formula is C8H7ClN2O4. The first-order valence-corrected chi connectivity index (χ1v) is 4.28. The Morgan fingerprint density at radius 3 is 2.93 bits per heavy atom. The van der Waals surface area contributed by atoms with Crippen molar-refractivity contribution in [2.75, 3.05) is 7.11 Å². The van der Waals surface area contributed by atoms with Crippen LogP contribution in [0.5, 0.6) is 0 Å². The molecule has 0 spiro atoms. The number of aromatic nitrogens is 1. The summed E-state index contributed by atoms with van der Waals surface area (Å²) in [6.45, 7) is 0. The summed E-state index contributed by atoms with van der Waals surface area (Å²) in [5.41, 5.74) is -0.246. The minimum atomic E-state index is -0.642. The molecule has 1 aromatic rings. The Hall–Kier alpha value is -1.69. The SMILES string of the molecule is COC(=O)Cc1ncc(Cl)cc1[N+](=O)[O-]. The molecule has 0 amide bonds. The zero-order chi connectivity index (χ0) is 11.4. The van der Waals surface area contributed by atoms with Gasteiger partial charge in [-0.05, 0) is 0 Å². The van der Waals surface area contributed by atoms with Gasteiger partial charge in [0.05, 0.1) is 23.5 Å². The van der Waals surface area contributed by atoms with Crippen molar-refractivity contribution in [1.29, 1.82) is 0 Å². The molecule has 6 nitrogen and oxygen atoms in total. The monoisotopic (exact) mass is 230 g/mol. The third kappa shape index (κ3) is 2.88. The van der Waals surface area contributed by atoms with Crippen molar-refractivity contribution in [3.63, 3.8) is 0 Å². The minimum absolute atomic E-state index is 0.0382. The van der Waals surface area contributed by atoms with Gasteiger partial charge in [-0.25, -0.2) is 0 Å². The average molecular weight is 231 g/mol. The number of carbonyl (C=O) groups is 1. The topological polar surface area (TPSA) is 82.3 Å². The van der Waals surface area contributed by atoms with E-state index in [2.05, 4.69) is 9.72 Å². The van der Waals surface area contributed by atoms with E-state index < -0.39 is 10.9 Å². The van der Waals surface area contributed by atoms with Crippen LogP contribution < -0.4 is 0 Å². The maximum absolute atomic E-state index is 10.9. The van der Waals surface area contributed by atoms with E-state index in [0.29, 0.717) is 0 Å². The molecule has 1 rings (SSSR count). The summed E-state index contributed by atoms with van der Waals surface area (Å²) in [5, 5.41) is 10.7. The van der Waals surface area contributed by atoms with E-state index in [0.717, 1.165) is 6.07 Å². The van der Waals surface area contributed by atoms with Crippen LogP contribution in [0.25, 0.3) is 0 Å². The fraction of sp³-hybridized carbons (Fsp3) is 0.250. The third-order valence-electron chi connectivity index (χ3n) is 1.65. The van der Waals surface area contributed by atoms with Crippen molar-refractivity contribution in [1.82, 2.24) is 4.98 Å². The zero-order valence-electron chi connectivity index (χ0n) is 7.77. The fourth-order valence-corrected chi connectivity index (χ4v) is 1.11. The van der Waals surface area contributed by atoms with E-state index in [4.69, 9.17) is 11.6 Å². The molecule has 0 aromatic carbocycles. The van der Waals surface area contributed by atoms with Crippen LogP contribution in [0, 0.1) is 10.1 Å². The number of halogens is 1. The largest absolute Gasteiger partial charge is 0.469 e. The lowest BCUT2D eigenvalue weighted by atomic mass is 10.2. The Balaban J connectivity index is 3.06. The number of rotatable bonds is 3. The number of pyridine rings is 1. The average Bonchev–Trinajstić information content (AvgIpc) is 2.20. The Morgan fingerprint density at radius 2 is 2.40 bits per heavy atom. The minimum Gasteiger partial charge on any atom is -0.469 e. The van der Waals surface area contributed by atoms with Gasteiger partial charge in [0.2, 0.25) is 0 Å². The van der Waals surface area contributed by atoms with Crippen molar-refractivity contribution in [2.24, 2.45) is 0 Å². The van der Waals surface area contributed by atoms with Gasteiger partial charge in [0.1, 0.15) is 5.69 Å². The van der Waals surface area contributed by atoms with Crippen molar-refractivity contribution >= 4 is 23.3 Å². The molecule has 1 heterocycles. The van der Waals surface area contributed by atoms with E-state index >= 15 is 0 Å². The highest BCUT2D eigenvalue weighted by Crippen LogP contribution is 2.21. The van der Waals surface area contributed by atoms with Crippen molar-refractivity contribution in [3.05, 3.63) is 33.1 Å². The molecule has 0 aliphatic carbocycles. The summed E-state index contributed by atoms with van der Waals surface area (Å²) in [4.78, 5) is 24.6. The highest BCUT2D eigenvalue weighted by atomic mass is 35.5. The number of ether oxygens (including phenoxy) is 1. The number of carbonyl (C=O) groups excluding carboxylic acids is 1. The highest BCUT2D eigenvalue weighted by Gasteiger charge is 2.18. The van der Waals surface area contributed by atoms with Crippen LogP contribution in [-0.4, -0.2) is 23.0 Å². The van der Waals surface area contributed by atoms with Gasteiger partial charge < -0.3 is 4.74 Å². The Labute approximate surface area is 90.0 Å². The number of nitrogens with zero attached hydrogens (tertiary/aromatic N) is 2. The lowest BCUT2D eigenvalue weighted by Gasteiger charge is -2.00. The standard InChI is InChI=1S/C8H7ClN2O4/c1-15-8(12)3-6-7(11(13)14)2-5(9)4-10-6/h2,4H,3H2,1H3. The van der Waals surface area contributed by atoms with Gasteiger partial charge in [-0.3, -0.25) is 19.9 Å². The lowest BCUT2D eigenvalue weighted by molar-refractivity contribution is -0.385. The van der Waals surface area contributed by atoms with Gasteiger partial charge in [-0.2, -0.15) is 0 Å². The van der Waals surface area contributed by atoms with Crippen LogP contribution in [0.3, 0.4) is 0 Å². The van der Waals surface area contributed by atoms with Crippen molar-refractivity contribution in [2.45, 2.75) is 6.42 Å². The van der Waals surface area contributed by atoms with Gasteiger partial charge >= 0.3 is 5.97 Å². The predicted octanol–water partition coefficient (Wildman–Crippen LogP) is 1.36. The molecular weight excluding hydrogens is 224 g/mol. The first-order valence-electron chi connectivity index (χ1n) is 3.90. The second-order valence-corrected chi connectivity index (χ2v) is 3.07. The molecule has 7 heteroatoms. The summed E-state index contributed by atoms with van der Waals surface area (Å²) >= 11 is 5.55. The Kier molecular flexibility index (Phi) is 3.56. The molecule has 0 N–H and O–H groups in total. The van der Waals surface area contributed by atoms with Gasteiger partial charge in [0.25, 0.3) is 5.69 Å². The van der Waals surface area contributed by atoms with Crippen LogP contribution in [0.1, 0.15) is 5.69 Å². The summed E-state index contributed by atoms with van der Waals surface area (Å²) in [5.74, 6) is -0.590. The van der Waals surface area contributed by atoms with Gasteiger partial charge in [-0.15, -0.1) is 0 Å². The maximum atomic E-state index is 10.9. The number of methoxy groups -OCH3 is 1.